The Bertz CT molecular complexity index is 616. The molecule has 19 heavy (non-hydrogen) atoms. The van der Waals surface area contributed by atoms with E-state index in [2.05, 4.69) is 31.1 Å². The summed E-state index contributed by atoms with van der Waals surface area (Å²) in [6, 6.07) is 7.16. The van der Waals surface area contributed by atoms with Crippen LogP contribution in [0.15, 0.2) is 35.3 Å². The highest BCUT2D eigenvalue weighted by Gasteiger charge is 2.14. The Morgan fingerprint density at radius 3 is 2.89 bits per heavy atom. The number of hydrogen-bond donors (Lipinski definition) is 1. The zero-order valence-electron chi connectivity index (χ0n) is 11.8. The first-order valence-electron chi connectivity index (χ1n) is 6.70. The first-order chi connectivity index (χ1) is 9.02. The molecule has 0 saturated heterocycles. The van der Waals surface area contributed by atoms with Crippen molar-refractivity contribution in [2.45, 2.75) is 33.7 Å². The first kappa shape index (κ1) is 13.7. The summed E-state index contributed by atoms with van der Waals surface area (Å²) in [5.74, 6) is 0. The molecule has 0 aliphatic rings. The van der Waals surface area contributed by atoms with E-state index in [1.807, 2.05) is 18.2 Å². The maximum Gasteiger partial charge on any atom is 0.258 e. The van der Waals surface area contributed by atoms with Gasteiger partial charge in [-0.2, -0.15) is 0 Å². The van der Waals surface area contributed by atoms with Crippen LogP contribution in [0.2, 0.25) is 0 Å². The Morgan fingerprint density at radius 2 is 2.16 bits per heavy atom. The monoisotopic (exact) mass is 259 g/mol. The number of fused-ring (bicyclic) bond motifs is 1. The van der Waals surface area contributed by atoms with Gasteiger partial charge in [-0.25, -0.2) is 4.98 Å². The maximum atomic E-state index is 11.9. The number of nitrogens with one attached hydrogen (secondary N) is 1. The van der Waals surface area contributed by atoms with E-state index in [-0.39, 0.29) is 11.0 Å². The van der Waals surface area contributed by atoms with E-state index in [1.54, 1.807) is 16.7 Å². The smallest absolute Gasteiger partial charge is 0.258 e. The molecule has 2 aromatic heterocycles. The van der Waals surface area contributed by atoms with Crippen LogP contribution in [-0.2, 0) is 6.54 Å². The van der Waals surface area contributed by atoms with Crippen molar-refractivity contribution >= 4 is 5.65 Å². The fourth-order valence-corrected chi connectivity index (χ4v) is 1.85. The summed E-state index contributed by atoms with van der Waals surface area (Å²) in [5, 5.41) is 3.37. The fourth-order valence-electron chi connectivity index (χ4n) is 1.85. The molecule has 0 spiro atoms. The van der Waals surface area contributed by atoms with Gasteiger partial charge in [0.05, 0.1) is 5.69 Å². The van der Waals surface area contributed by atoms with Crippen LogP contribution in [0.4, 0.5) is 0 Å². The van der Waals surface area contributed by atoms with Crippen LogP contribution in [0, 0.1) is 5.41 Å². The average molecular weight is 259 g/mol. The molecule has 0 aliphatic carbocycles. The molecule has 2 heterocycles. The van der Waals surface area contributed by atoms with Gasteiger partial charge in [-0.1, -0.05) is 26.8 Å². The van der Waals surface area contributed by atoms with Gasteiger partial charge in [0.2, 0.25) is 0 Å². The van der Waals surface area contributed by atoms with E-state index in [9.17, 15) is 4.79 Å². The van der Waals surface area contributed by atoms with Gasteiger partial charge in [0, 0.05) is 25.4 Å². The van der Waals surface area contributed by atoms with Crippen molar-refractivity contribution in [3.63, 3.8) is 0 Å². The summed E-state index contributed by atoms with van der Waals surface area (Å²) in [5.41, 5.74) is 1.73. The zero-order valence-corrected chi connectivity index (χ0v) is 11.8. The highest BCUT2D eigenvalue weighted by molar-refractivity contribution is 5.37. The molecule has 0 saturated carbocycles. The molecule has 0 amide bonds. The Labute approximate surface area is 113 Å². The van der Waals surface area contributed by atoms with Gasteiger partial charge >= 0.3 is 0 Å². The highest BCUT2D eigenvalue weighted by atomic mass is 16.1. The minimum absolute atomic E-state index is 0.0304. The third-order valence-corrected chi connectivity index (χ3v) is 3.49. The van der Waals surface area contributed by atoms with Crippen LogP contribution in [0.3, 0.4) is 0 Å². The normalized spacial score (nSPS) is 11.9. The molecule has 0 aromatic carbocycles. The summed E-state index contributed by atoms with van der Waals surface area (Å²) in [6.45, 7) is 8.18. The number of aromatic nitrogens is 2. The zero-order chi connectivity index (χ0) is 13.9. The number of nitrogens with zero attached hydrogens (tertiary/aromatic N) is 2. The molecule has 2 rings (SSSR count). The Balaban J connectivity index is 2.12. The molecular formula is C15H21N3O. The standard InChI is InChI=1S/C15H21N3O/c1-4-15(2,3)11-16-10-12-9-14(19)18-8-6-5-7-13(18)17-12/h5-9,16H,4,10-11H2,1-3H3. The second-order valence-electron chi connectivity index (χ2n) is 5.64. The van der Waals surface area contributed by atoms with Crippen LogP contribution < -0.4 is 10.9 Å². The quantitative estimate of drug-likeness (QED) is 0.895. The minimum atomic E-state index is -0.0304. The van der Waals surface area contributed by atoms with E-state index in [0.717, 1.165) is 18.7 Å². The molecule has 4 nitrogen and oxygen atoms in total. The third kappa shape index (κ3) is 3.41. The van der Waals surface area contributed by atoms with Crippen molar-refractivity contribution in [2.75, 3.05) is 6.54 Å². The largest absolute Gasteiger partial charge is 0.311 e. The van der Waals surface area contributed by atoms with Gasteiger partial charge in [0.1, 0.15) is 5.65 Å². The molecule has 4 heteroatoms. The summed E-state index contributed by atoms with van der Waals surface area (Å²) in [7, 11) is 0. The molecule has 1 N–H and O–H groups in total. The predicted octanol–water partition coefficient (Wildman–Crippen LogP) is 2.22. The average Bonchev–Trinajstić information content (AvgIpc) is 2.39. The number of pyridine rings is 1. The SMILES string of the molecule is CCC(C)(C)CNCc1cc(=O)n2ccccc2n1. The van der Waals surface area contributed by atoms with Crippen LogP contribution in [0.25, 0.3) is 5.65 Å². The molecule has 0 bridgehead atoms. The van der Waals surface area contributed by atoms with Crippen molar-refractivity contribution < 1.29 is 0 Å². The van der Waals surface area contributed by atoms with Gasteiger partial charge in [-0.05, 0) is 24.0 Å². The van der Waals surface area contributed by atoms with Crippen LogP contribution in [0.1, 0.15) is 32.9 Å². The molecule has 2 aromatic rings. The summed E-state index contributed by atoms with van der Waals surface area (Å²) < 4.78 is 1.56. The van der Waals surface area contributed by atoms with Crippen LogP contribution >= 0.6 is 0 Å². The fraction of sp³-hybridized carbons (Fsp3) is 0.467. The van der Waals surface area contributed by atoms with Crippen LogP contribution in [0.5, 0.6) is 0 Å². The second kappa shape index (κ2) is 5.53. The van der Waals surface area contributed by atoms with Gasteiger partial charge in [-0.3, -0.25) is 9.20 Å². The maximum absolute atomic E-state index is 11.9. The van der Waals surface area contributed by atoms with Crippen molar-refractivity contribution in [1.29, 1.82) is 0 Å². The topological polar surface area (TPSA) is 46.4 Å². The Hall–Kier alpha value is -1.68. The minimum Gasteiger partial charge on any atom is -0.311 e. The van der Waals surface area contributed by atoms with Gasteiger partial charge < -0.3 is 5.32 Å². The molecule has 0 radical (unpaired) electrons. The Kier molecular flexibility index (Phi) is 4.00. The summed E-state index contributed by atoms with van der Waals surface area (Å²) in [6.07, 6.45) is 2.86. The van der Waals surface area contributed by atoms with Crippen LogP contribution in [-0.4, -0.2) is 15.9 Å². The molecule has 0 aliphatic heterocycles. The van der Waals surface area contributed by atoms with Gasteiger partial charge in [0.25, 0.3) is 5.56 Å². The molecule has 102 valence electrons. The number of rotatable bonds is 5. The van der Waals surface area contributed by atoms with E-state index in [0.29, 0.717) is 12.2 Å². The van der Waals surface area contributed by atoms with Crippen molar-refractivity contribution in [2.24, 2.45) is 5.41 Å². The van der Waals surface area contributed by atoms with Gasteiger partial charge in [0.15, 0.2) is 0 Å². The lowest BCUT2D eigenvalue weighted by molar-refractivity contribution is 0.327. The molecular weight excluding hydrogens is 238 g/mol. The lowest BCUT2D eigenvalue weighted by Gasteiger charge is -2.22. The molecule has 0 unspecified atom stereocenters. The van der Waals surface area contributed by atoms with E-state index in [4.69, 9.17) is 0 Å². The van der Waals surface area contributed by atoms with Gasteiger partial charge in [-0.15, -0.1) is 0 Å². The van der Waals surface area contributed by atoms with E-state index in [1.165, 1.54) is 0 Å². The predicted molar refractivity (Wildman–Crippen MR) is 77.2 cm³/mol. The molecule has 0 fully saturated rings. The summed E-state index contributed by atoms with van der Waals surface area (Å²) in [4.78, 5) is 16.4. The molecule has 0 atom stereocenters. The third-order valence-electron chi connectivity index (χ3n) is 3.49. The second-order valence-corrected chi connectivity index (χ2v) is 5.64. The summed E-state index contributed by atoms with van der Waals surface area (Å²) >= 11 is 0. The lowest BCUT2D eigenvalue weighted by Crippen LogP contribution is -2.29. The lowest BCUT2D eigenvalue weighted by atomic mass is 9.90. The number of hydrogen-bond acceptors (Lipinski definition) is 3. The van der Waals surface area contributed by atoms with Crippen molar-refractivity contribution in [1.82, 2.24) is 14.7 Å². The Morgan fingerprint density at radius 1 is 1.37 bits per heavy atom. The first-order valence-corrected chi connectivity index (χ1v) is 6.70. The van der Waals surface area contributed by atoms with Crippen molar-refractivity contribution in [3.8, 4) is 0 Å². The van der Waals surface area contributed by atoms with E-state index >= 15 is 0 Å². The van der Waals surface area contributed by atoms with Crippen molar-refractivity contribution in [3.05, 3.63) is 46.5 Å². The highest BCUT2D eigenvalue weighted by Crippen LogP contribution is 2.17. The van der Waals surface area contributed by atoms with E-state index < -0.39 is 0 Å².